The number of hydrogen-bond donors (Lipinski definition) is 1. The molecule has 126 valence electrons. The van der Waals surface area contributed by atoms with Gasteiger partial charge in [-0.3, -0.25) is 4.79 Å². The van der Waals surface area contributed by atoms with Crippen LogP contribution in [0.3, 0.4) is 0 Å². The van der Waals surface area contributed by atoms with Crippen LogP contribution in [-0.4, -0.2) is 20.1 Å². The molecule has 4 rings (SSSR count). The Balaban J connectivity index is 1.67. The highest BCUT2D eigenvalue weighted by atomic mass is 32.2. The number of H-pyrrole nitrogens is 1. The number of nitrogens with zero attached hydrogens (tertiary/aromatic N) is 3. The van der Waals surface area contributed by atoms with E-state index in [9.17, 15) is 9.18 Å². The van der Waals surface area contributed by atoms with Crippen molar-refractivity contribution in [2.45, 2.75) is 17.8 Å². The molecule has 3 heterocycles. The summed E-state index contributed by atoms with van der Waals surface area (Å²) >= 11 is 2.69. The Kier molecular flexibility index (Phi) is 4.10. The van der Waals surface area contributed by atoms with Crippen molar-refractivity contribution >= 4 is 33.3 Å². The average molecular weight is 374 g/mol. The lowest BCUT2D eigenvalue weighted by Crippen LogP contribution is -2.08. The second-order valence-electron chi connectivity index (χ2n) is 5.23. The molecule has 0 atom stereocenters. The van der Waals surface area contributed by atoms with Crippen molar-refractivity contribution in [3.8, 4) is 11.1 Å². The summed E-state index contributed by atoms with van der Waals surface area (Å²) in [6.45, 7) is 1.74. The second kappa shape index (κ2) is 6.41. The molecule has 6 nitrogen and oxygen atoms in total. The number of aromatic amines is 1. The molecule has 0 fully saturated rings. The minimum atomic E-state index is -0.315. The summed E-state index contributed by atoms with van der Waals surface area (Å²) in [5, 5.41) is 6.58. The van der Waals surface area contributed by atoms with Crippen LogP contribution >= 0.6 is 23.1 Å². The van der Waals surface area contributed by atoms with Gasteiger partial charge in [-0.15, -0.1) is 11.3 Å². The summed E-state index contributed by atoms with van der Waals surface area (Å²) in [6, 6.07) is 6.04. The van der Waals surface area contributed by atoms with Crippen molar-refractivity contribution in [1.82, 2.24) is 20.1 Å². The van der Waals surface area contributed by atoms with E-state index in [2.05, 4.69) is 20.1 Å². The van der Waals surface area contributed by atoms with Crippen LogP contribution in [0.2, 0.25) is 0 Å². The van der Waals surface area contributed by atoms with E-state index in [0.29, 0.717) is 32.8 Å². The van der Waals surface area contributed by atoms with Crippen LogP contribution in [0.4, 0.5) is 4.39 Å². The number of rotatable bonds is 4. The minimum Gasteiger partial charge on any atom is -0.338 e. The predicted molar refractivity (Wildman–Crippen MR) is 94.2 cm³/mol. The lowest BCUT2D eigenvalue weighted by Gasteiger charge is -2.01. The van der Waals surface area contributed by atoms with Crippen molar-refractivity contribution in [1.29, 1.82) is 0 Å². The van der Waals surface area contributed by atoms with Crippen LogP contribution in [0.25, 0.3) is 21.3 Å². The number of hydrogen-bond acceptors (Lipinski definition) is 7. The van der Waals surface area contributed by atoms with E-state index >= 15 is 0 Å². The van der Waals surface area contributed by atoms with E-state index in [1.54, 1.807) is 19.1 Å². The third kappa shape index (κ3) is 3.20. The van der Waals surface area contributed by atoms with Gasteiger partial charge in [-0.2, -0.15) is 4.98 Å². The monoisotopic (exact) mass is 374 g/mol. The molecular weight excluding hydrogens is 363 g/mol. The standard InChI is InChI=1S/C16H11FN4O2S2/c1-8-18-12(23-21-8)7-25-16-19-14(22)13-11(6-24-15(13)20-16)9-2-4-10(17)5-3-9/h2-6H,7H2,1H3,(H,19,20,22). The summed E-state index contributed by atoms with van der Waals surface area (Å²) in [6.07, 6.45) is 0. The number of nitrogens with one attached hydrogen (secondary N) is 1. The van der Waals surface area contributed by atoms with Crippen LogP contribution < -0.4 is 5.56 Å². The van der Waals surface area contributed by atoms with E-state index in [0.717, 1.165) is 11.1 Å². The number of benzene rings is 1. The quantitative estimate of drug-likeness (QED) is 0.432. The first-order chi connectivity index (χ1) is 12.1. The molecule has 9 heteroatoms. The molecule has 1 aromatic carbocycles. The molecule has 0 saturated carbocycles. The lowest BCUT2D eigenvalue weighted by atomic mass is 10.1. The Labute approximate surface area is 149 Å². The number of thioether (sulfide) groups is 1. The third-order valence-electron chi connectivity index (χ3n) is 3.48. The fourth-order valence-electron chi connectivity index (χ4n) is 2.37. The van der Waals surface area contributed by atoms with Gasteiger partial charge in [-0.1, -0.05) is 29.1 Å². The van der Waals surface area contributed by atoms with Gasteiger partial charge in [0.15, 0.2) is 11.0 Å². The van der Waals surface area contributed by atoms with Gasteiger partial charge in [-0.05, 0) is 24.6 Å². The van der Waals surface area contributed by atoms with Gasteiger partial charge in [0.2, 0.25) is 5.89 Å². The summed E-state index contributed by atoms with van der Waals surface area (Å²) in [5.41, 5.74) is 1.30. The summed E-state index contributed by atoms with van der Waals surface area (Å²) in [7, 11) is 0. The smallest absolute Gasteiger partial charge is 0.260 e. The number of halogens is 1. The molecular formula is C16H11FN4O2S2. The molecule has 0 saturated heterocycles. The van der Waals surface area contributed by atoms with Gasteiger partial charge in [0, 0.05) is 10.9 Å². The molecule has 0 aliphatic heterocycles. The summed E-state index contributed by atoms with van der Waals surface area (Å²) < 4.78 is 18.1. The molecule has 0 radical (unpaired) electrons. The maximum atomic E-state index is 13.1. The first kappa shape index (κ1) is 16.0. The third-order valence-corrected chi connectivity index (χ3v) is 5.21. The zero-order chi connectivity index (χ0) is 17.4. The van der Waals surface area contributed by atoms with E-state index in [4.69, 9.17) is 4.52 Å². The van der Waals surface area contributed by atoms with Gasteiger partial charge < -0.3 is 9.51 Å². The molecule has 3 aromatic heterocycles. The van der Waals surface area contributed by atoms with Crippen LogP contribution in [0.1, 0.15) is 11.7 Å². The van der Waals surface area contributed by atoms with Crippen LogP contribution in [0, 0.1) is 12.7 Å². The summed E-state index contributed by atoms with van der Waals surface area (Å²) in [5.74, 6) is 1.15. The molecule has 0 unspecified atom stereocenters. The fraction of sp³-hybridized carbons (Fsp3) is 0.125. The normalized spacial score (nSPS) is 11.3. The molecule has 0 amide bonds. The maximum Gasteiger partial charge on any atom is 0.260 e. The molecule has 0 aliphatic carbocycles. The largest absolute Gasteiger partial charge is 0.338 e. The zero-order valence-corrected chi connectivity index (χ0v) is 14.6. The van der Waals surface area contributed by atoms with Crippen LogP contribution in [0.15, 0.2) is 44.1 Å². The highest BCUT2D eigenvalue weighted by Gasteiger charge is 2.14. The summed E-state index contributed by atoms with van der Waals surface area (Å²) in [4.78, 5) is 24.5. The molecule has 25 heavy (non-hydrogen) atoms. The molecule has 0 spiro atoms. The van der Waals surface area contributed by atoms with Gasteiger partial charge in [-0.25, -0.2) is 9.37 Å². The predicted octanol–water partition coefficient (Wildman–Crippen LogP) is 3.77. The van der Waals surface area contributed by atoms with Gasteiger partial charge in [0.1, 0.15) is 10.6 Å². The van der Waals surface area contributed by atoms with Crippen molar-refractivity contribution in [3.05, 3.63) is 57.5 Å². The number of aromatic nitrogens is 4. The first-order valence-corrected chi connectivity index (χ1v) is 9.16. The lowest BCUT2D eigenvalue weighted by molar-refractivity contribution is 0.387. The van der Waals surface area contributed by atoms with E-state index in [1.807, 2.05) is 5.38 Å². The van der Waals surface area contributed by atoms with Crippen molar-refractivity contribution in [2.75, 3.05) is 0 Å². The highest BCUT2D eigenvalue weighted by Crippen LogP contribution is 2.31. The van der Waals surface area contributed by atoms with Crippen LogP contribution in [0.5, 0.6) is 0 Å². The average Bonchev–Trinajstić information content (AvgIpc) is 3.20. The SMILES string of the molecule is Cc1noc(CSc2nc3scc(-c4ccc(F)cc4)c3c(=O)[nH]2)n1. The van der Waals surface area contributed by atoms with Crippen molar-refractivity contribution < 1.29 is 8.91 Å². The number of thiophene rings is 1. The van der Waals surface area contributed by atoms with E-state index < -0.39 is 0 Å². The Morgan fingerprint density at radius 1 is 1.28 bits per heavy atom. The topological polar surface area (TPSA) is 84.7 Å². The van der Waals surface area contributed by atoms with Crippen LogP contribution in [-0.2, 0) is 5.75 Å². The molecule has 0 bridgehead atoms. The Morgan fingerprint density at radius 3 is 2.80 bits per heavy atom. The van der Waals surface area contributed by atoms with Gasteiger partial charge >= 0.3 is 0 Å². The Morgan fingerprint density at radius 2 is 2.08 bits per heavy atom. The van der Waals surface area contributed by atoms with E-state index in [-0.39, 0.29) is 11.4 Å². The minimum absolute atomic E-state index is 0.227. The molecule has 4 aromatic rings. The zero-order valence-electron chi connectivity index (χ0n) is 12.9. The number of aryl methyl sites for hydroxylation is 1. The molecule has 1 N–H and O–H groups in total. The van der Waals surface area contributed by atoms with Gasteiger partial charge in [0.25, 0.3) is 5.56 Å². The van der Waals surface area contributed by atoms with Crippen molar-refractivity contribution in [3.63, 3.8) is 0 Å². The fourth-order valence-corrected chi connectivity index (χ4v) is 4.07. The van der Waals surface area contributed by atoms with Gasteiger partial charge in [0.05, 0.1) is 11.1 Å². The molecule has 0 aliphatic rings. The first-order valence-electron chi connectivity index (χ1n) is 7.29. The second-order valence-corrected chi connectivity index (χ2v) is 7.05. The van der Waals surface area contributed by atoms with E-state index in [1.165, 1.54) is 35.2 Å². The Bertz CT molecular complexity index is 1100. The highest BCUT2D eigenvalue weighted by molar-refractivity contribution is 7.98. The van der Waals surface area contributed by atoms with Crippen molar-refractivity contribution in [2.24, 2.45) is 0 Å². The Hall–Kier alpha value is -2.52. The number of fused-ring (bicyclic) bond motifs is 1. The maximum absolute atomic E-state index is 13.1.